The summed E-state index contributed by atoms with van der Waals surface area (Å²) >= 11 is 0. The highest BCUT2D eigenvalue weighted by Gasteiger charge is 2.23. The van der Waals surface area contributed by atoms with Gasteiger partial charge in [-0.1, -0.05) is 123 Å². The minimum absolute atomic E-state index is 0.273. The van der Waals surface area contributed by atoms with Gasteiger partial charge in [0.2, 0.25) is 0 Å². The normalized spacial score (nSPS) is 18.0. The molecule has 0 spiro atoms. The molecule has 3 heteroatoms. The van der Waals surface area contributed by atoms with Crippen molar-refractivity contribution in [1.82, 2.24) is 4.57 Å². The number of aromatic nitrogens is 1. The first-order valence-corrected chi connectivity index (χ1v) is 15.2. The van der Waals surface area contributed by atoms with Gasteiger partial charge >= 0.3 is 0 Å². The summed E-state index contributed by atoms with van der Waals surface area (Å²) in [6.45, 7) is 4.55. The number of nitrogens with one attached hydrogen (secondary N) is 1. The Morgan fingerprint density at radius 3 is 2.14 bits per heavy atom. The zero-order valence-electron chi connectivity index (χ0n) is 24.7. The number of hydrogen-bond donors (Lipinski definition) is 1. The van der Waals surface area contributed by atoms with E-state index >= 15 is 0 Å². The fourth-order valence-corrected chi connectivity index (χ4v) is 6.50. The van der Waals surface area contributed by atoms with Crippen LogP contribution in [0.5, 0.6) is 0 Å². The highest BCUT2D eigenvalue weighted by atomic mass is 15.0. The third-order valence-corrected chi connectivity index (χ3v) is 8.80. The maximum atomic E-state index is 8.89. The molecule has 2 unspecified atom stereocenters. The van der Waals surface area contributed by atoms with E-state index in [0.29, 0.717) is 11.8 Å². The number of rotatable bonds is 5. The average Bonchev–Trinajstić information content (AvgIpc) is 3.40. The summed E-state index contributed by atoms with van der Waals surface area (Å²) < 4.78 is 2.39. The fourth-order valence-electron chi connectivity index (χ4n) is 6.50. The van der Waals surface area contributed by atoms with Crippen LogP contribution >= 0.6 is 0 Å². The van der Waals surface area contributed by atoms with Gasteiger partial charge in [-0.05, 0) is 71.2 Å². The Morgan fingerprint density at radius 1 is 0.721 bits per heavy atom. The largest absolute Gasteiger partial charge is 0.310 e. The van der Waals surface area contributed by atoms with E-state index in [1.54, 1.807) is 0 Å². The summed E-state index contributed by atoms with van der Waals surface area (Å²) in [5.41, 5.74) is 11.3. The van der Waals surface area contributed by atoms with Gasteiger partial charge < -0.3 is 4.57 Å². The molecular weight excluding hydrogens is 522 g/mol. The molecule has 5 aromatic rings. The Kier molecular flexibility index (Phi) is 7.08. The monoisotopic (exact) mass is 557 g/mol. The van der Waals surface area contributed by atoms with Crippen molar-refractivity contribution in [2.45, 2.75) is 32.6 Å². The first-order chi connectivity index (χ1) is 21.1. The van der Waals surface area contributed by atoms with Crippen molar-refractivity contribution in [3.8, 4) is 16.8 Å². The Bertz CT molecular complexity index is 1930. The van der Waals surface area contributed by atoms with Gasteiger partial charge in [-0.25, -0.2) is 4.99 Å². The molecule has 2 atom stereocenters. The van der Waals surface area contributed by atoms with Crippen LogP contribution in [0.25, 0.3) is 33.8 Å². The van der Waals surface area contributed by atoms with E-state index in [2.05, 4.69) is 122 Å². The van der Waals surface area contributed by atoms with Crippen LogP contribution in [-0.2, 0) is 0 Å². The van der Waals surface area contributed by atoms with Gasteiger partial charge in [0.05, 0.1) is 11.2 Å². The Morgan fingerprint density at radius 2 is 1.40 bits per heavy atom. The summed E-state index contributed by atoms with van der Waals surface area (Å²) in [6, 6.07) is 36.0. The van der Waals surface area contributed by atoms with Crippen LogP contribution in [0.1, 0.15) is 55.0 Å². The standard InChI is InChI=1S/C40H35N3/c1-27-11-6-7-15-34(27)39(31-13-4-3-5-14-31)42-40(41)32-21-19-29(20-22-32)30-23-25-33(26-24-30)43-36-17-9-8-16-35(36)38-28(2)12-10-18-37(38)43/h3-10,13-28,41H,11-12H2,1-2H3. The van der Waals surface area contributed by atoms with Crippen LogP contribution in [0, 0.1) is 11.3 Å². The third-order valence-electron chi connectivity index (χ3n) is 8.80. The van der Waals surface area contributed by atoms with Gasteiger partial charge in [-0.3, -0.25) is 5.41 Å². The molecule has 0 radical (unpaired) electrons. The molecule has 210 valence electrons. The molecule has 0 saturated heterocycles. The SMILES string of the molecule is CC1CC=CC=C1C(=NC(=N)c1ccc(-c2ccc(-n3c4c(c5ccccc53)C(C)CC=C4)cc2)cc1)c1ccccc1. The molecule has 1 N–H and O–H groups in total. The van der Waals surface area contributed by atoms with Gasteiger partial charge in [0.25, 0.3) is 0 Å². The predicted molar refractivity (Wildman–Crippen MR) is 182 cm³/mol. The molecule has 0 bridgehead atoms. The molecule has 1 aromatic heterocycles. The van der Waals surface area contributed by atoms with Crippen molar-refractivity contribution in [3.63, 3.8) is 0 Å². The zero-order valence-corrected chi connectivity index (χ0v) is 24.7. The van der Waals surface area contributed by atoms with Gasteiger partial charge in [-0.2, -0.15) is 0 Å². The molecule has 0 amide bonds. The summed E-state index contributed by atoms with van der Waals surface area (Å²) in [4.78, 5) is 4.89. The molecule has 2 aliphatic carbocycles. The molecule has 0 aliphatic heterocycles. The maximum absolute atomic E-state index is 8.89. The van der Waals surface area contributed by atoms with Crippen molar-refractivity contribution in [2.75, 3.05) is 0 Å². The number of hydrogen-bond acceptors (Lipinski definition) is 1. The van der Waals surface area contributed by atoms with E-state index in [9.17, 15) is 0 Å². The van der Waals surface area contributed by atoms with Crippen LogP contribution in [-0.4, -0.2) is 16.1 Å². The number of nitrogens with zero attached hydrogens (tertiary/aromatic N) is 2. The number of aliphatic imine (C=N–C) groups is 1. The van der Waals surface area contributed by atoms with Crippen LogP contribution in [0.2, 0.25) is 0 Å². The number of fused-ring (bicyclic) bond motifs is 3. The lowest BCUT2D eigenvalue weighted by Crippen LogP contribution is -2.15. The van der Waals surface area contributed by atoms with Crippen molar-refractivity contribution in [2.24, 2.45) is 10.9 Å². The molecule has 0 saturated carbocycles. The molecule has 0 fully saturated rings. The summed E-state index contributed by atoms with van der Waals surface area (Å²) in [5, 5.41) is 10.2. The van der Waals surface area contributed by atoms with Crippen molar-refractivity contribution >= 4 is 28.5 Å². The maximum Gasteiger partial charge on any atom is 0.152 e. The molecule has 7 rings (SSSR count). The van der Waals surface area contributed by atoms with Crippen LogP contribution in [0.15, 0.2) is 138 Å². The average molecular weight is 558 g/mol. The summed E-state index contributed by atoms with van der Waals surface area (Å²) in [5.74, 6) is 1.14. The van der Waals surface area contributed by atoms with Crippen molar-refractivity contribution in [3.05, 3.63) is 155 Å². The van der Waals surface area contributed by atoms with Gasteiger partial charge in [0, 0.05) is 27.9 Å². The van der Waals surface area contributed by atoms with Crippen molar-refractivity contribution in [1.29, 1.82) is 5.41 Å². The predicted octanol–water partition coefficient (Wildman–Crippen LogP) is 10.2. The summed E-state index contributed by atoms with van der Waals surface area (Å²) in [6.07, 6.45) is 13.1. The van der Waals surface area contributed by atoms with Crippen LogP contribution in [0.3, 0.4) is 0 Å². The lowest BCUT2D eigenvalue weighted by Gasteiger charge is -2.20. The number of allylic oxidation sites excluding steroid dienone is 5. The second-order valence-corrected chi connectivity index (χ2v) is 11.7. The lowest BCUT2D eigenvalue weighted by atomic mass is 9.87. The first-order valence-electron chi connectivity index (χ1n) is 15.2. The van der Waals surface area contributed by atoms with Crippen molar-refractivity contribution < 1.29 is 0 Å². The highest BCUT2D eigenvalue weighted by molar-refractivity contribution is 6.19. The zero-order chi connectivity index (χ0) is 29.3. The molecular formula is C40H35N3. The molecule has 4 aromatic carbocycles. The van der Waals surface area contributed by atoms with Gasteiger partial charge in [0.1, 0.15) is 0 Å². The molecule has 1 heterocycles. The van der Waals surface area contributed by atoms with E-state index in [1.165, 1.54) is 33.4 Å². The molecule has 43 heavy (non-hydrogen) atoms. The minimum Gasteiger partial charge on any atom is -0.310 e. The van der Waals surface area contributed by atoms with E-state index in [4.69, 9.17) is 10.4 Å². The number of amidine groups is 1. The second kappa shape index (κ2) is 11.3. The smallest absolute Gasteiger partial charge is 0.152 e. The van der Waals surface area contributed by atoms with E-state index in [1.807, 2.05) is 30.3 Å². The van der Waals surface area contributed by atoms with Crippen LogP contribution < -0.4 is 0 Å². The van der Waals surface area contributed by atoms with E-state index in [0.717, 1.165) is 40.8 Å². The van der Waals surface area contributed by atoms with E-state index < -0.39 is 0 Å². The third kappa shape index (κ3) is 5.02. The topological polar surface area (TPSA) is 41.1 Å². The minimum atomic E-state index is 0.273. The highest BCUT2D eigenvalue weighted by Crippen LogP contribution is 2.39. The Balaban J connectivity index is 1.18. The van der Waals surface area contributed by atoms with Gasteiger partial charge in [-0.15, -0.1) is 0 Å². The second-order valence-electron chi connectivity index (χ2n) is 11.7. The Hall–Kier alpha value is -5.02. The lowest BCUT2D eigenvalue weighted by molar-refractivity contribution is 0.713. The summed E-state index contributed by atoms with van der Waals surface area (Å²) in [7, 11) is 0. The first kappa shape index (κ1) is 26.9. The molecule has 3 nitrogen and oxygen atoms in total. The van der Waals surface area contributed by atoms with Crippen LogP contribution in [0.4, 0.5) is 0 Å². The number of benzene rings is 4. The fraction of sp³-hybridized carbons (Fsp3) is 0.150. The van der Waals surface area contributed by atoms with Gasteiger partial charge in [0.15, 0.2) is 5.84 Å². The van der Waals surface area contributed by atoms with E-state index in [-0.39, 0.29) is 5.84 Å². The Labute approximate surface area is 253 Å². The molecule has 2 aliphatic rings. The number of para-hydroxylation sites is 1. The quantitative estimate of drug-likeness (QED) is 0.165.